The number of aryl methyl sites for hydroxylation is 3. The van der Waals surface area contributed by atoms with Crippen molar-refractivity contribution in [2.75, 3.05) is 19.6 Å². The van der Waals surface area contributed by atoms with Crippen molar-refractivity contribution in [3.05, 3.63) is 53.3 Å². The smallest absolute Gasteiger partial charge is 0.191 e. The molecule has 0 aliphatic carbocycles. The molecule has 6 heteroatoms. The van der Waals surface area contributed by atoms with Gasteiger partial charge in [-0.25, -0.2) is 0 Å². The molecule has 0 atom stereocenters. The molecule has 25 heavy (non-hydrogen) atoms. The van der Waals surface area contributed by atoms with E-state index >= 15 is 0 Å². The van der Waals surface area contributed by atoms with Crippen molar-refractivity contribution in [3.8, 4) is 0 Å². The zero-order valence-electron chi connectivity index (χ0n) is 15.5. The molecule has 0 saturated carbocycles. The third-order valence-corrected chi connectivity index (χ3v) is 3.79. The Morgan fingerprint density at radius 1 is 1.16 bits per heavy atom. The SMILES string of the molecule is CCNC(=NCCCn1nc(C)cc1C)NCCc1ccccc1.I. The van der Waals surface area contributed by atoms with Crippen molar-refractivity contribution in [3.63, 3.8) is 0 Å². The maximum Gasteiger partial charge on any atom is 0.191 e. The molecule has 5 nitrogen and oxygen atoms in total. The molecule has 0 unspecified atom stereocenters. The van der Waals surface area contributed by atoms with E-state index < -0.39 is 0 Å². The Kier molecular flexibility index (Phi) is 10.2. The Balaban J connectivity index is 0.00000312. The van der Waals surface area contributed by atoms with Gasteiger partial charge in [0.15, 0.2) is 5.96 Å². The van der Waals surface area contributed by atoms with E-state index in [-0.39, 0.29) is 24.0 Å². The first-order valence-electron chi connectivity index (χ1n) is 8.76. The zero-order chi connectivity index (χ0) is 17.2. The highest BCUT2D eigenvalue weighted by atomic mass is 127. The Hall–Kier alpha value is -1.57. The molecule has 0 fully saturated rings. The van der Waals surface area contributed by atoms with Gasteiger partial charge in [-0.2, -0.15) is 5.10 Å². The third kappa shape index (κ3) is 7.90. The normalized spacial score (nSPS) is 11.1. The minimum absolute atomic E-state index is 0. The standard InChI is InChI=1S/C19H29N5.HI/c1-4-20-19(22-13-11-18-9-6-5-7-10-18)21-12-8-14-24-17(3)15-16(2)23-24;/h5-7,9-10,15H,4,8,11-14H2,1-3H3,(H2,20,21,22);1H. The van der Waals surface area contributed by atoms with Crippen LogP contribution in [0.5, 0.6) is 0 Å². The van der Waals surface area contributed by atoms with Crippen LogP contribution in [-0.2, 0) is 13.0 Å². The lowest BCUT2D eigenvalue weighted by Crippen LogP contribution is -2.38. The molecule has 0 aliphatic heterocycles. The quantitative estimate of drug-likeness (QED) is 0.278. The number of nitrogens with one attached hydrogen (secondary N) is 2. The predicted molar refractivity (Wildman–Crippen MR) is 116 cm³/mol. The second kappa shape index (κ2) is 11.9. The first-order chi connectivity index (χ1) is 11.7. The minimum Gasteiger partial charge on any atom is -0.357 e. The second-order valence-electron chi connectivity index (χ2n) is 5.93. The van der Waals surface area contributed by atoms with Crippen molar-refractivity contribution >= 4 is 29.9 Å². The van der Waals surface area contributed by atoms with E-state index in [9.17, 15) is 0 Å². The molecular formula is C19H30IN5. The highest BCUT2D eigenvalue weighted by molar-refractivity contribution is 14.0. The van der Waals surface area contributed by atoms with Gasteiger partial charge in [-0.3, -0.25) is 9.67 Å². The number of rotatable bonds is 8. The predicted octanol–water partition coefficient (Wildman–Crippen LogP) is 3.31. The molecule has 138 valence electrons. The van der Waals surface area contributed by atoms with Crippen molar-refractivity contribution < 1.29 is 0 Å². The van der Waals surface area contributed by atoms with E-state index in [0.29, 0.717) is 0 Å². The van der Waals surface area contributed by atoms with Crippen molar-refractivity contribution in [2.45, 2.75) is 40.2 Å². The van der Waals surface area contributed by atoms with E-state index in [1.54, 1.807) is 0 Å². The van der Waals surface area contributed by atoms with Crippen LogP contribution in [-0.4, -0.2) is 35.4 Å². The van der Waals surface area contributed by atoms with E-state index in [1.165, 1.54) is 11.3 Å². The van der Waals surface area contributed by atoms with Gasteiger partial charge in [-0.05, 0) is 45.2 Å². The fourth-order valence-electron chi connectivity index (χ4n) is 2.62. The van der Waals surface area contributed by atoms with Gasteiger partial charge < -0.3 is 10.6 Å². The zero-order valence-corrected chi connectivity index (χ0v) is 17.8. The van der Waals surface area contributed by atoms with Crippen molar-refractivity contribution in [1.82, 2.24) is 20.4 Å². The Morgan fingerprint density at radius 2 is 1.92 bits per heavy atom. The summed E-state index contributed by atoms with van der Waals surface area (Å²) in [5.41, 5.74) is 3.63. The van der Waals surface area contributed by atoms with E-state index in [1.807, 2.05) is 13.0 Å². The van der Waals surface area contributed by atoms with Crippen LogP contribution < -0.4 is 10.6 Å². The molecule has 0 radical (unpaired) electrons. The summed E-state index contributed by atoms with van der Waals surface area (Å²) in [4.78, 5) is 4.65. The first-order valence-corrected chi connectivity index (χ1v) is 8.76. The van der Waals surface area contributed by atoms with Crippen molar-refractivity contribution in [2.24, 2.45) is 4.99 Å². The molecule has 1 aromatic carbocycles. The largest absolute Gasteiger partial charge is 0.357 e. The molecule has 0 aliphatic rings. The summed E-state index contributed by atoms with van der Waals surface area (Å²) < 4.78 is 2.06. The Bertz CT molecular complexity index is 637. The lowest BCUT2D eigenvalue weighted by atomic mass is 10.1. The van der Waals surface area contributed by atoms with Gasteiger partial charge in [0.1, 0.15) is 0 Å². The summed E-state index contributed by atoms with van der Waals surface area (Å²) >= 11 is 0. The first kappa shape index (κ1) is 21.5. The number of aromatic nitrogens is 2. The lowest BCUT2D eigenvalue weighted by Gasteiger charge is -2.11. The third-order valence-electron chi connectivity index (χ3n) is 3.79. The molecular weight excluding hydrogens is 425 g/mol. The van der Waals surface area contributed by atoms with Gasteiger partial charge in [-0.15, -0.1) is 24.0 Å². The number of aliphatic imine (C=N–C) groups is 1. The number of hydrogen-bond acceptors (Lipinski definition) is 2. The molecule has 2 rings (SSSR count). The maximum absolute atomic E-state index is 4.65. The van der Waals surface area contributed by atoms with E-state index in [0.717, 1.165) is 50.7 Å². The number of nitrogens with zero attached hydrogens (tertiary/aromatic N) is 3. The van der Waals surface area contributed by atoms with Gasteiger partial charge in [0.05, 0.1) is 5.69 Å². The molecule has 2 aromatic rings. The summed E-state index contributed by atoms with van der Waals surface area (Å²) in [5, 5.41) is 11.2. The average molecular weight is 455 g/mol. The molecule has 0 amide bonds. The molecule has 1 heterocycles. The highest BCUT2D eigenvalue weighted by Crippen LogP contribution is 2.02. The molecule has 0 spiro atoms. The topological polar surface area (TPSA) is 54.2 Å². The fourth-order valence-corrected chi connectivity index (χ4v) is 2.62. The second-order valence-corrected chi connectivity index (χ2v) is 5.93. The fraction of sp³-hybridized carbons (Fsp3) is 0.474. The lowest BCUT2D eigenvalue weighted by molar-refractivity contribution is 0.567. The van der Waals surface area contributed by atoms with Gasteiger partial charge in [0.25, 0.3) is 0 Å². The van der Waals surface area contributed by atoms with Crippen LogP contribution >= 0.6 is 24.0 Å². The monoisotopic (exact) mass is 455 g/mol. The number of benzene rings is 1. The van der Waals surface area contributed by atoms with Gasteiger partial charge in [-0.1, -0.05) is 30.3 Å². The van der Waals surface area contributed by atoms with Crippen LogP contribution in [0.25, 0.3) is 0 Å². The highest BCUT2D eigenvalue weighted by Gasteiger charge is 2.01. The van der Waals surface area contributed by atoms with Gasteiger partial charge in [0.2, 0.25) is 0 Å². The van der Waals surface area contributed by atoms with E-state index in [4.69, 9.17) is 0 Å². The molecule has 0 saturated heterocycles. The summed E-state index contributed by atoms with van der Waals surface area (Å²) in [5.74, 6) is 0.891. The van der Waals surface area contributed by atoms with Gasteiger partial charge in [0, 0.05) is 31.9 Å². The average Bonchev–Trinajstić information content (AvgIpc) is 2.90. The maximum atomic E-state index is 4.65. The van der Waals surface area contributed by atoms with Crippen LogP contribution in [0.3, 0.4) is 0 Å². The number of halogens is 1. The molecule has 1 aromatic heterocycles. The summed E-state index contributed by atoms with van der Waals surface area (Å²) in [6.07, 6.45) is 1.98. The number of hydrogen-bond donors (Lipinski definition) is 2. The van der Waals surface area contributed by atoms with E-state index in [2.05, 4.69) is 69.6 Å². The Morgan fingerprint density at radius 3 is 2.56 bits per heavy atom. The Labute approximate surface area is 168 Å². The summed E-state index contributed by atoms with van der Waals surface area (Å²) in [7, 11) is 0. The van der Waals surface area contributed by atoms with Crippen LogP contribution in [0.1, 0.15) is 30.3 Å². The summed E-state index contributed by atoms with van der Waals surface area (Å²) in [6.45, 7) is 9.66. The summed E-state index contributed by atoms with van der Waals surface area (Å²) in [6, 6.07) is 12.6. The van der Waals surface area contributed by atoms with Crippen LogP contribution in [0.15, 0.2) is 41.4 Å². The molecule has 2 N–H and O–H groups in total. The van der Waals surface area contributed by atoms with Crippen LogP contribution in [0.2, 0.25) is 0 Å². The van der Waals surface area contributed by atoms with Crippen LogP contribution in [0.4, 0.5) is 0 Å². The number of guanidine groups is 1. The van der Waals surface area contributed by atoms with Crippen LogP contribution in [0, 0.1) is 13.8 Å². The van der Waals surface area contributed by atoms with Crippen molar-refractivity contribution in [1.29, 1.82) is 0 Å². The molecule has 0 bridgehead atoms. The van der Waals surface area contributed by atoms with Gasteiger partial charge >= 0.3 is 0 Å². The minimum atomic E-state index is 0.